The maximum atomic E-state index is 12.8. The fraction of sp³-hybridized carbons (Fsp3) is 0.200. The molecule has 0 aromatic heterocycles. The number of hydrogen-bond donors (Lipinski definition) is 2. The van der Waals surface area contributed by atoms with Gasteiger partial charge in [0.1, 0.15) is 17.2 Å². The predicted octanol–water partition coefficient (Wildman–Crippen LogP) is 13.1. The summed E-state index contributed by atoms with van der Waals surface area (Å²) >= 11 is 5.54. The number of benzene rings is 6. The lowest BCUT2D eigenvalue weighted by atomic mass is 9.79. The first kappa shape index (κ1) is 51.6. The van der Waals surface area contributed by atoms with Crippen LogP contribution in [0, 0.1) is 24.3 Å². The van der Waals surface area contributed by atoms with Gasteiger partial charge in [-0.3, -0.25) is 0 Å². The van der Waals surface area contributed by atoms with Crippen molar-refractivity contribution < 1.29 is 63.8 Å². The van der Waals surface area contributed by atoms with Crippen LogP contribution in [0.3, 0.4) is 0 Å². The van der Waals surface area contributed by atoms with Gasteiger partial charge in [0.05, 0.1) is 41.6 Å². The van der Waals surface area contributed by atoms with Gasteiger partial charge in [-0.1, -0.05) is 76.6 Å². The van der Waals surface area contributed by atoms with Gasteiger partial charge >= 0.3 is 25.6 Å². The molecule has 0 saturated carbocycles. The zero-order valence-electron chi connectivity index (χ0n) is 33.9. The molecule has 6 rings (SSSR count). The van der Waals surface area contributed by atoms with Gasteiger partial charge in [-0.25, -0.2) is 0 Å². The van der Waals surface area contributed by atoms with E-state index in [9.17, 15) is 39.5 Å². The molecule has 17 heteroatoms. The fourth-order valence-electron chi connectivity index (χ4n) is 5.46. The van der Waals surface area contributed by atoms with E-state index in [-0.39, 0.29) is 5.46 Å². The summed E-state index contributed by atoms with van der Waals surface area (Å²) in [6.45, 7) is 5.77. The second kappa shape index (κ2) is 22.6. The Balaban J connectivity index is 0.000000228. The van der Waals surface area contributed by atoms with Crippen LogP contribution in [0.1, 0.15) is 33.4 Å². The van der Waals surface area contributed by atoms with Crippen LogP contribution in [0.25, 0.3) is 22.3 Å². The second-order valence-electron chi connectivity index (χ2n) is 13.3. The summed E-state index contributed by atoms with van der Waals surface area (Å²) in [7, 11) is 2.86. The summed E-state index contributed by atoms with van der Waals surface area (Å²) in [5.41, 5.74) is 3.24. The first-order valence-corrected chi connectivity index (χ1v) is 19.9. The van der Waals surface area contributed by atoms with Crippen LogP contribution in [-0.4, -0.2) is 38.5 Å². The summed E-state index contributed by atoms with van der Waals surface area (Å²) < 4.78 is 130. The molecule has 6 aromatic rings. The molecule has 0 aliphatic heterocycles. The lowest BCUT2D eigenvalue weighted by Crippen LogP contribution is -2.30. The summed E-state index contributed by atoms with van der Waals surface area (Å²) in [5, 5.41) is 17.2. The lowest BCUT2D eigenvalue weighted by Gasteiger charge is -2.13. The molecule has 0 amide bonds. The molecule has 0 unspecified atom stereocenters. The number of rotatable bonds is 6. The van der Waals surface area contributed by atoms with Crippen molar-refractivity contribution in [2.75, 3.05) is 21.3 Å². The van der Waals surface area contributed by atoms with E-state index in [4.69, 9.17) is 24.3 Å². The third-order valence-electron chi connectivity index (χ3n) is 8.84. The monoisotopic (exact) mass is 1050 g/mol. The lowest BCUT2D eigenvalue weighted by molar-refractivity contribution is -0.138. The minimum absolute atomic E-state index is 0.171. The summed E-state index contributed by atoms with van der Waals surface area (Å²) in [4.78, 5) is 0. The van der Waals surface area contributed by atoms with Crippen molar-refractivity contribution in [3.8, 4) is 39.5 Å². The van der Waals surface area contributed by atoms with E-state index >= 15 is 0 Å². The van der Waals surface area contributed by atoms with Crippen molar-refractivity contribution >= 4 is 51.1 Å². The molecule has 0 fully saturated rings. The molecule has 0 spiro atoms. The Morgan fingerprint density at radius 3 is 1.37 bits per heavy atom. The van der Waals surface area contributed by atoms with E-state index in [0.717, 1.165) is 72.4 Å². The highest BCUT2D eigenvalue weighted by Gasteiger charge is 2.32. The van der Waals surface area contributed by atoms with Crippen LogP contribution in [0.5, 0.6) is 17.2 Å². The van der Waals surface area contributed by atoms with Crippen molar-refractivity contribution in [2.45, 2.75) is 39.3 Å². The van der Waals surface area contributed by atoms with E-state index in [0.29, 0.717) is 28.7 Å². The summed E-state index contributed by atoms with van der Waals surface area (Å²) in [6.07, 6.45) is -13.1. The predicted molar refractivity (Wildman–Crippen MR) is 236 cm³/mol. The smallest absolute Gasteiger partial charge is 0.488 e. The van der Waals surface area contributed by atoms with Crippen LogP contribution >= 0.6 is 38.5 Å². The maximum Gasteiger partial charge on any atom is 0.488 e. The molecule has 6 aromatic carbocycles. The number of hydrogen-bond acceptors (Lipinski definition) is 5. The number of methoxy groups -OCH3 is 3. The van der Waals surface area contributed by atoms with Crippen molar-refractivity contribution in [3.63, 3.8) is 0 Å². The third kappa shape index (κ3) is 15.3. The number of halogens is 11. The molecule has 0 bridgehead atoms. The Bertz CT molecular complexity index is 2400. The number of aryl methyl sites for hydroxylation is 3. The van der Waals surface area contributed by atoms with Crippen LogP contribution in [-0.2, 0) is 18.5 Å². The van der Waals surface area contributed by atoms with Gasteiger partial charge in [0.2, 0.25) is 0 Å². The van der Waals surface area contributed by atoms with Crippen molar-refractivity contribution in [1.82, 2.24) is 0 Å². The standard InChI is InChI=1S/C15H12F3IO.C15H13F3O.C8H9BrO.C7H6BF3O2/c1-9-6-13(19)14(20-2)8-12(9)10-4-3-5-11(7-10)15(16,17)18;1-10-6-7-13(19-2)9-14(10)11-4-3-5-12(8-11)15(16,17)18;1-6-3-4-7(10-2)5-8(6)9;9-7(10,11)5-2-1-3-6(4-5)8(12)13/h3-8H,1-2H3;3-9H,1-2H3;3-5H,1-2H3;1-4,12-13H. The normalized spacial score (nSPS) is 11.1. The molecule has 2 N–H and O–H groups in total. The largest absolute Gasteiger partial charge is 0.497 e. The Labute approximate surface area is 375 Å². The van der Waals surface area contributed by atoms with Crippen LogP contribution < -0.4 is 19.7 Å². The quantitative estimate of drug-likeness (QED) is 0.0988. The molecular formula is C45H40BBrF9IO5. The maximum absolute atomic E-state index is 12.8. The van der Waals surface area contributed by atoms with Gasteiger partial charge in [-0.05, 0) is 148 Å². The molecule has 330 valence electrons. The molecule has 0 saturated heterocycles. The molecule has 62 heavy (non-hydrogen) atoms. The zero-order chi connectivity index (χ0) is 46.6. The molecule has 0 aliphatic rings. The zero-order valence-corrected chi connectivity index (χ0v) is 37.6. The average Bonchev–Trinajstić information content (AvgIpc) is 3.22. The highest BCUT2D eigenvalue weighted by molar-refractivity contribution is 14.1. The van der Waals surface area contributed by atoms with Gasteiger partial charge in [0.25, 0.3) is 0 Å². The van der Waals surface area contributed by atoms with Crippen LogP contribution in [0.2, 0.25) is 0 Å². The van der Waals surface area contributed by atoms with E-state index in [1.165, 1.54) is 30.9 Å². The highest BCUT2D eigenvalue weighted by Crippen LogP contribution is 2.37. The first-order chi connectivity index (χ1) is 28.9. The van der Waals surface area contributed by atoms with E-state index in [2.05, 4.69) is 38.5 Å². The minimum atomic E-state index is -4.45. The van der Waals surface area contributed by atoms with Crippen molar-refractivity contribution in [1.29, 1.82) is 0 Å². The van der Waals surface area contributed by atoms with Crippen molar-refractivity contribution in [3.05, 3.63) is 163 Å². The van der Waals surface area contributed by atoms with E-state index in [1.807, 2.05) is 51.1 Å². The molecule has 0 aliphatic carbocycles. The number of alkyl halides is 9. The summed E-state index contributed by atoms with van der Waals surface area (Å²) in [5.74, 6) is 2.17. The van der Waals surface area contributed by atoms with E-state index < -0.39 is 42.3 Å². The third-order valence-corrected chi connectivity index (χ3v) is 10.5. The molecule has 0 atom stereocenters. The Morgan fingerprint density at radius 2 is 0.935 bits per heavy atom. The van der Waals surface area contributed by atoms with Crippen LogP contribution in [0.4, 0.5) is 39.5 Å². The minimum Gasteiger partial charge on any atom is -0.497 e. The summed E-state index contributed by atoms with van der Waals surface area (Å²) in [6, 6.07) is 29.5. The van der Waals surface area contributed by atoms with Crippen LogP contribution in [0.15, 0.2) is 126 Å². The SMILES string of the molecule is COc1cc(-c2cccc(C(F)(F)F)c2)c(C)cc1I.COc1ccc(C)c(-c2cccc(C(F)(F)F)c2)c1.COc1ccc(C)c(Br)c1.OB(O)c1cccc(C(F)(F)F)c1. The Morgan fingerprint density at radius 1 is 0.500 bits per heavy atom. The molecular weight excluding hydrogens is 1010 g/mol. The van der Waals surface area contributed by atoms with Gasteiger partial charge in [-0.2, -0.15) is 39.5 Å². The highest BCUT2D eigenvalue weighted by atomic mass is 127. The Kier molecular flexibility index (Phi) is 18.8. The van der Waals surface area contributed by atoms with Crippen molar-refractivity contribution in [2.24, 2.45) is 0 Å². The van der Waals surface area contributed by atoms with E-state index in [1.54, 1.807) is 44.6 Å². The second-order valence-corrected chi connectivity index (χ2v) is 15.3. The van der Waals surface area contributed by atoms with Gasteiger partial charge in [-0.15, -0.1) is 0 Å². The number of ether oxygens (including phenoxy) is 3. The fourth-order valence-corrected chi connectivity index (χ4v) is 6.66. The average molecular weight is 1050 g/mol. The molecule has 0 heterocycles. The van der Waals surface area contributed by atoms with Gasteiger partial charge in [0, 0.05) is 4.47 Å². The van der Waals surface area contributed by atoms with Gasteiger partial charge < -0.3 is 24.3 Å². The topological polar surface area (TPSA) is 68.2 Å². The first-order valence-electron chi connectivity index (χ1n) is 18.1. The Hall–Kier alpha value is -4.72. The van der Waals surface area contributed by atoms with Gasteiger partial charge in [0.15, 0.2) is 0 Å². The molecule has 0 radical (unpaired) electrons. The molecule has 5 nitrogen and oxygen atoms in total.